The maximum absolute atomic E-state index is 11.4. The molecule has 1 aromatic rings. The molecule has 0 aliphatic carbocycles. The molecule has 19 heavy (non-hydrogen) atoms. The van der Waals surface area contributed by atoms with Crippen LogP contribution in [0.3, 0.4) is 0 Å². The molecule has 0 saturated heterocycles. The monoisotopic (exact) mass is 264 g/mol. The molecule has 1 aromatic carbocycles. The zero-order valence-corrected chi connectivity index (χ0v) is 10.4. The summed E-state index contributed by atoms with van der Waals surface area (Å²) >= 11 is 0. The Morgan fingerprint density at radius 3 is 2.89 bits per heavy atom. The van der Waals surface area contributed by atoms with E-state index >= 15 is 0 Å². The second kappa shape index (κ2) is 7.99. The van der Waals surface area contributed by atoms with Crippen LogP contribution in [-0.2, 0) is 4.79 Å². The third kappa shape index (κ3) is 5.78. The number of nitro benzene ring substituents is 1. The highest BCUT2D eigenvalue weighted by molar-refractivity contribution is 5.91. The molecular formula is C13H16N2O4. The summed E-state index contributed by atoms with van der Waals surface area (Å²) in [6.07, 6.45) is 4.22. The number of amides is 1. The number of nitrogens with zero attached hydrogens (tertiary/aromatic N) is 1. The molecule has 0 aromatic heterocycles. The predicted molar refractivity (Wildman–Crippen MR) is 71.5 cm³/mol. The molecule has 0 fully saturated rings. The van der Waals surface area contributed by atoms with Crippen molar-refractivity contribution in [2.75, 3.05) is 13.2 Å². The Labute approximate surface area is 110 Å². The van der Waals surface area contributed by atoms with E-state index in [-0.39, 0.29) is 18.2 Å². The van der Waals surface area contributed by atoms with Gasteiger partial charge < -0.3 is 10.4 Å². The first kappa shape index (κ1) is 14.8. The van der Waals surface area contributed by atoms with Crippen molar-refractivity contribution in [2.45, 2.75) is 12.8 Å². The SMILES string of the molecule is O=C(/C=C/c1cccc([N+](=O)[O-])c1)NCCCCO. The molecule has 0 aliphatic rings. The van der Waals surface area contributed by atoms with Crippen LogP contribution in [-0.4, -0.2) is 29.1 Å². The highest BCUT2D eigenvalue weighted by Gasteiger charge is 2.03. The fourth-order valence-corrected chi connectivity index (χ4v) is 1.42. The molecule has 2 N–H and O–H groups in total. The van der Waals surface area contributed by atoms with Crippen LogP contribution in [0.15, 0.2) is 30.3 Å². The molecule has 6 nitrogen and oxygen atoms in total. The number of non-ortho nitro benzene ring substituents is 1. The summed E-state index contributed by atoms with van der Waals surface area (Å²) in [5.74, 6) is -0.260. The highest BCUT2D eigenvalue weighted by Crippen LogP contribution is 2.13. The molecule has 1 rings (SSSR count). The van der Waals surface area contributed by atoms with Crippen LogP contribution in [0.4, 0.5) is 5.69 Å². The van der Waals surface area contributed by atoms with Gasteiger partial charge in [0.15, 0.2) is 0 Å². The van der Waals surface area contributed by atoms with E-state index in [1.54, 1.807) is 12.1 Å². The van der Waals surface area contributed by atoms with Gasteiger partial charge in [0, 0.05) is 31.4 Å². The molecular weight excluding hydrogens is 248 g/mol. The van der Waals surface area contributed by atoms with Crippen molar-refractivity contribution in [1.82, 2.24) is 5.32 Å². The number of aliphatic hydroxyl groups excluding tert-OH is 1. The lowest BCUT2D eigenvalue weighted by atomic mass is 10.2. The molecule has 0 saturated carbocycles. The van der Waals surface area contributed by atoms with Gasteiger partial charge in [-0.05, 0) is 24.5 Å². The average molecular weight is 264 g/mol. The van der Waals surface area contributed by atoms with Crippen LogP contribution in [0.25, 0.3) is 6.08 Å². The smallest absolute Gasteiger partial charge is 0.270 e. The van der Waals surface area contributed by atoms with Crippen LogP contribution in [0.5, 0.6) is 0 Å². The third-order valence-corrected chi connectivity index (χ3v) is 2.39. The van der Waals surface area contributed by atoms with Gasteiger partial charge in [0.25, 0.3) is 5.69 Å². The summed E-state index contributed by atoms with van der Waals surface area (Å²) in [7, 11) is 0. The van der Waals surface area contributed by atoms with Gasteiger partial charge in [-0.25, -0.2) is 0 Å². The maximum atomic E-state index is 11.4. The average Bonchev–Trinajstić information content (AvgIpc) is 2.41. The largest absolute Gasteiger partial charge is 0.396 e. The first-order valence-electron chi connectivity index (χ1n) is 5.94. The summed E-state index contributed by atoms with van der Waals surface area (Å²) in [6.45, 7) is 0.609. The minimum Gasteiger partial charge on any atom is -0.396 e. The number of aliphatic hydroxyl groups is 1. The molecule has 1 amide bonds. The maximum Gasteiger partial charge on any atom is 0.270 e. The third-order valence-electron chi connectivity index (χ3n) is 2.39. The van der Waals surface area contributed by atoms with Gasteiger partial charge in [-0.3, -0.25) is 14.9 Å². The van der Waals surface area contributed by atoms with Gasteiger partial charge in [-0.2, -0.15) is 0 Å². The van der Waals surface area contributed by atoms with Crippen molar-refractivity contribution >= 4 is 17.7 Å². The van der Waals surface area contributed by atoms with Crippen molar-refractivity contribution in [1.29, 1.82) is 0 Å². The number of rotatable bonds is 7. The lowest BCUT2D eigenvalue weighted by Gasteiger charge is -2.00. The normalized spacial score (nSPS) is 10.6. The molecule has 0 atom stereocenters. The molecule has 0 heterocycles. The van der Waals surface area contributed by atoms with Crippen LogP contribution >= 0.6 is 0 Å². The lowest BCUT2D eigenvalue weighted by Crippen LogP contribution is -2.22. The minimum absolute atomic E-state index is 0.00879. The summed E-state index contributed by atoms with van der Waals surface area (Å²) in [4.78, 5) is 21.5. The first-order chi connectivity index (χ1) is 9.13. The zero-order valence-electron chi connectivity index (χ0n) is 10.4. The first-order valence-corrected chi connectivity index (χ1v) is 5.94. The number of carbonyl (C=O) groups is 1. The summed E-state index contributed by atoms with van der Waals surface area (Å²) < 4.78 is 0. The van der Waals surface area contributed by atoms with Gasteiger partial charge in [-0.1, -0.05) is 12.1 Å². The Balaban J connectivity index is 2.49. The van der Waals surface area contributed by atoms with Gasteiger partial charge in [0.05, 0.1) is 4.92 Å². The van der Waals surface area contributed by atoms with E-state index < -0.39 is 4.92 Å². The van der Waals surface area contributed by atoms with Crippen molar-refractivity contribution in [3.8, 4) is 0 Å². The van der Waals surface area contributed by atoms with E-state index in [9.17, 15) is 14.9 Å². The summed E-state index contributed by atoms with van der Waals surface area (Å²) in [6, 6.07) is 6.04. The van der Waals surface area contributed by atoms with E-state index in [4.69, 9.17) is 5.11 Å². The van der Waals surface area contributed by atoms with E-state index in [1.807, 2.05) is 0 Å². The van der Waals surface area contributed by atoms with Crippen molar-refractivity contribution in [2.24, 2.45) is 0 Å². The molecule has 0 bridgehead atoms. The van der Waals surface area contributed by atoms with Crippen molar-refractivity contribution < 1.29 is 14.8 Å². The Morgan fingerprint density at radius 2 is 2.21 bits per heavy atom. The molecule has 102 valence electrons. The van der Waals surface area contributed by atoms with Gasteiger partial charge in [-0.15, -0.1) is 0 Å². The number of unbranched alkanes of at least 4 members (excludes halogenated alkanes) is 1. The molecule has 0 spiro atoms. The summed E-state index contributed by atoms with van der Waals surface area (Å²) in [5.41, 5.74) is 0.588. The van der Waals surface area contributed by atoms with E-state index in [1.165, 1.54) is 24.3 Å². The molecule has 6 heteroatoms. The van der Waals surface area contributed by atoms with Gasteiger partial charge in [0.2, 0.25) is 5.91 Å². The highest BCUT2D eigenvalue weighted by atomic mass is 16.6. The Hall–Kier alpha value is -2.21. The number of carbonyl (C=O) groups excluding carboxylic acids is 1. The van der Waals surface area contributed by atoms with E-state index in [0.717, 1.165) is 0 Å². The topological polar surface area (TPSA) is 92.5 Å². The second-order valence-corrected chi connectivity index (χ2v) is 3.91. The molecule has 0 radical (unpaired) electrons. The number of nitro groups is 1. The van der Waals surface area contributed by atoms with E-state index in [0.29, 0.717) is 24.9 Å². The van der Waals surface area contributed by atoms with Gasteiger partial charge in [0.1, 0.15) is 0 Å². The summed E-state index contributed by atoms with van der Waals surface area (Å²) in [5, 5.41) is 21.8. The number of nitrogens with one attached hydrogen (secondary N) is 1. The van der Waals surface area contributed by atoms with Gasteiger partial charge >= 0.3 is 0 Å². The quantitative estimate of drug-likeness (QED) is 0.338. The fourth-order valence-electron chi connectivity index (χ4n) is 1.42. The number of benzene rings is 1. The predicted octanol–water partition coefficient (Wildman–Crippen LogP) is 1.50. The zero-order chi connectivity index (χ0) is 14.1. The van der Waals surface area contributed by atoms with E-state index in [2.05, 4.69) is 5.32 Å². The molecule has 0 aliphatic heterocycles. The Kier molecular flexibility index (Phi) is 6.25. The van der Waals surface area contributed by atoms with Crippen LogP contribution in [0, 0.1) is 10.1 Å². The lowest BCUT2D eigenvalue weighted by molar-refractivity contribution is -0.384. The number of hydrogen-bond donors (Lipinski definition) is 2. The minimum atomic E-state index is -0.480. The van der Waals surface area contributed by atoms with Crippen molar-refractivity contribution in [3.63, 3.8) is 0 Å². The molecule has 0 unspecified atom stereocenters. The Bertz CT molecular complexity index is 471. The Morgan fingerprint density at radius 1 is 1.42 bits per heavy atom. The standard InChI is InChI=1S/C13H16N2O4/c16-9-2-1-8-14-13(17)7-6-11-4-3-5-12(10-11)15(18)19/h3-7,10,16H,1-2,8-9H2,(H,14,17)/b7-6+. The second-order valence-electron chi connectivity index (χ2n) is 3.91. The fraction of sp³-hybridized carbons (Fsp3) is 0.308. The van der Waals surface area contributed by atoms with Crippen LogP contribution in [0.1, 0.15) is 18.4 Å². The van der Waals surface area contributed by atoms with Crippen LogP contribution in [0.2, 0.25) is 0 Å². The number of hydrogen-bond acceptors (Lipinski definition) is 4. The van der Waals surface area contributed by atoms with Crippen molar-refractivity contribution in [3.05, 3.63) is 46.0 Å². The van der Waals surface area contributed by atoms with Crippen LogP contribution < -0.4 is 5.32 Å².